The molecule has 0 saturated heterocycles. The third kappa shape index (κ3) is 3.50. The summed E-state index contributed by atoms with van der Waals surface area (Å²) in [5.41, 5.74) is 12.9. The SMILES string of the molecule is c1ccc2c(c1)-c1ccccc1-c1ccc(-c3c4ccccc4c(-c4cccc5ccccc45)c4ccccc34)c3cccc-2c13. The minimum atomic E-state index is 1.26. The number of fused-ring (bicyclic) bond motifs is 8. The lowest BCUT2D eigenvalue weighted by Crippen LogP contribution is -1.93. The summed E-state index contributed by atoms with van der Waals surface area (Å²) in [6.07, 6.45) is 0. The Kier molecular flexibility index (Phi) is 5.38. The predicted octanol–water partition coefficient (Wildman–Crippen LogP) is 12.9. The Morgan fingerprint density at radius 3 is 1.11 bits per heavy atom. The molecule has 0 radical (unpaired) electrons. The van der Waals surface area contributed by atoms with Gasteiger partial charge in [0, 0.05) is 0 Å². The van der Waals surface area contributed by atoms with Crippen LogP contribution in [0.2, 0.25) is 0 Å². The van der Waals surface area contributed by atoms with Crippen molar-refractivity contribution in [2.45, 2.75) is 0 Å². The van der Waals surface area contributed by atoms with Crippen molar-refractivity contribution in [2.75, 3.05) is 0 Å². The van der Waals surface area contributed by atoms with Crippen molar-refractivity contribution in [2.24, 2.45) is 0 Å². The Balaban J connectivity index is 1.36. The maximum Gasteiger partial charge on any atom is -0.00201 e. The van der Waals surface area contributed by atoms with E-state index >= 15 is 0 Å². The van der Waals surface area contributed by atoms with Gasteiger partial charge < -0.3 is 0 Å². The van der Waals surface area contributed by atoms with E-state index in [1.165, 1.54) is 98.7 Å². The van der Waals surface area contributed by atoms with E-state index in [1.54, 1.807) is 0 Å². The van der Waals surface area contributed by atoms with Crippen molar-refractivity contribution in [1.82, 2.24) is 0 Å². The molecule has 0 nitrogen and oxygen atoms in total. The fourth-order valence-corrected chi connectivity index (χ4v) is 8.13. The molecule has 1 aliphatic rings. The molecule has 9 aromatic carbocycles. The summed E-state index contributed by atoms with van der Waals surface area (Å²) in [7, 11) is 0. The van der Waals surface area contributed by atoms with E-state index < -0.39 is 0 Å². The monoisotopic (exact) mass is 580 g/mol. The van der Waals surface area contributed by atoms with E-state index in [0.717, 1.165) is 0 Å². The van der Waals surface area contributed by atoms with Crippen LogP contribution in [0.4, 0.5) is 0 Å². The molecule has 10 rings (SSSR count). The Morgan fingerprint density at radius 2 is 0.522 bits per heavy atom. The molecule has 9 aromatic rings. The summed E-state index contributed by atoms with van der Waals surface area (Å²) in [5, 5.41) is 10.3. The van der Waals surface area contributed by atoms with Gasteiger partial charge in [-0.2, -0.15) is 0 Å². The highest BCUT2D eigenvalue weighted by Crippen LogP contribution is 2.51. The minimum Gasteiger partial charge on any atom is -0.0616 e. The molecular weight excluding hydrogens is 553 g/mol. The summed E-state index contributed by atoms with van der Waals surface area (Å²) in [5.74, 6) is 0. The van der Waals surface area contributed by atoms with E-state index in [2.05, 4.69) is 170 Å². The molecule has 0 atom stereocenters. The zero-order valence-electron chi connectivity index (χ0n) is 25.2. The number of benzene rings is 9. The first-order valence-electron chi connectivity index (χ1n) is 16.0. The van der Waals surface area contributed by atoms with Crippen LogP contribution in [0.15, 0.2) is 170 Å². The molecule has 0 heterocycles. The largest absolute Gasteiger partial charge is 0.0616 e. The Morgan fingerprint density at radius 1 is 0.196 bits per heavy atom. The van der Waals surface area contributed by atoms with E-state index in [-0.39, 0.29) is 0 Å². The summed E-state index contributed by atoms with van der Waals surface area (Å²) in [6, 6.07) is 62.8. The first-order chi connectivity index (χ1) is 22.9. The second-order valence-electron chi connectivity index (χ2n) is 12.3. The molecule has 46 heavy (non-hydrogen) atoms. The van der Waals surface area contributed by atoms with Gasteiger partial charge in [0.25, 0.3) is 0 Å². The Bertz CT molecular complexity index is 2580. The van der Waals surface area contributed by atoms with Crippen LogP contribution in [0.25, 0.3) is 98.7 Å². The lowest BCUT2D eigenvalue weighted by atomic mass is 9.82. The van der Waals surface area contributed by atoms with Gasteiger partial charge in [-0.15, -0.1) is 0 Å². The van der Waals surface area contributed by atoms with Crippen molar-refractivity contribution in [3.05, 3.63) is 170 Å². The lowest BCUT2D eigenvalue weighted by Gasteiger charge is -2.21. The van der Waals surface area contributed by atoms with Gasteiger partial charge in [0.15, 0.2) is 0 Å². The highest BCUT2D eigenvalue weighted by atomic mass is 14.3. The fourth-order valence-electron chi connectivity index (χ4n) is 8.13. The summed E-state index contributed by atoms with van der Waals surface area (Å²) < 4.78 is 0. The van der Waals surface area contributed by atoms with Crippen LogP contribution >= 0.6 is 0 Å². The molecule has 0 aromatic heterocycles. The lowest BCUT2D eigenvalue weighted by molar-refractivity contribution is 1.62. The molecule has 0 fully saturated rings. The highest BCUT2D eigenvalue weighted by Gasteiger charge is 2.24. The van der Waals surface area contributed by atoms with Crippen LogP contribution in [0.3, 0.4) is 0 Å². The first-order valence-corrected chi connectivity index (χ1v) is 16.0. The van der Waals surface area contributed by atoms with Crippen molar-refractivity contribution >= 4 is 43.1 Å². The van der Waals surface area contributed by atoms with Crippen LogP contribution in [-0.2, 0) is 0 Å². The molecular formula is C46H28. The van der Waals surface area contributed by atoms with E-state index in [0.29, 0.717) is 0 Å². The normalized spacial score (nSPS) is 11.9. The predicted molar refractivity (Wildman–Crippen MR) is 197 cm³/mol. The number of hydrogen-bond donors (Lipinski definition) is 0. The van der Waals surface area contributed by atoms with E-state index in [4.69, 9.17) is 0 Å². The first kappa shape index (κ1) is 25.4. The van der Waals surface area contributed by atoms with Crippen molar-refractivity contribution in [3.8, 4) is 55.6 Å². The fraction of sp³-hybridized carbons (Fsp3) is 0. The Hall–Kier alpha value is -5.98. The zero-order chi connectivity index (χ0) is 30.2. The van der Waals surface area contributed by atoms with Gasteiger partial charge in [0.2, 0.25) is 0 Å². The quantitative estimate of drug-likeness (QED) is 0.178. The van der Waals surface area contributed by atoms with E-state index in [9.17, 15) is 0 Å². The molecule has 0 N–H and O–H groups in total. The molecule has 0 spiro atoms. The summed E-state index contributed by atoms with van der Waals surface area (Å²) in [4.78, 5) is 0. The summed E-state index contributed by atoms with van der Waals surface area (Å²) >= 11 is 0. The Labute approximate surface area is 267 Å². The van der Waals surface area contributed by atoms with Gasteiger partial charge in [-0.25, -0.2) is 0 Å². The van der Waals surface area contributed by atoms with Gasteiger partial charge in [-0.3, -0.25) is 0 Å². The third-order valence-electron chi connectivity index (χ3n) is 10.0. The van der Waals surface area contributed by atoms with Crippen LogP contribution in [0.1, 0.15) is 0 Å². The standard InChI is InChI=1S/C46H28/c1-2-15-30-29(13-1)14-11-24-35(30)44-37-20-7-9-22-39(37)46(40-23-10-8-21-38(40)44)43-28-27-42-34-19-6-4-17-32(34)31-16-3-5-18-33(31)36-25-12-26-41(43)45(36)42/h1-28H. The second kappa shape index (κ2) is 9.76. The zero-order valence-corrected chi connectivity index (χ0v) is 25.2. The molecule has 0 amide bonds. The minimum absolute atomic E-state index is 1.26. The highest BCUT2D eigenvalue weighted by molar-refractivity contribution is 6.27. The van der Waals surface area contributed by atoms with Crippen LogP contribution in [0.5, 0.6) is 0 Å². The van der Waals surface area contributed by atoms with Gasteiger partial charge in [-0.1, -0.05) is 170 Å². The third-order valence-corrected chi connectivity index (χ3v) is 10.0. The molecule has 0 unspecified atom stereocenters. The summed E-state index contributed by atoms with van der Waals surface area (Å²) in [6.45, 7) is 0. The van der Waals surface area contributed by atoms with Crippen LogP contribution < -0.4 is 0 Å². The van der Waals surface area contributed by atoms with Crippen molar-refractivity contribution < 1.29 is 0 Å². The molecule has 0 aliphatic heterocycles. The molecule has 0 saturated carbocycles. The topological polar surface area (TPSA) is 0 Å². The molecule has 0 heteroatoms. The smallest absolute Gasteiger partial charge is 0.00201 e. The average Bonchev–Trinajstić information content (AvgIpc) is 3.25. The number of hydrogen-bond acceptors (Lipinski definition) is 0. The van der Waals surface area contributed by atoms with Gasteiger partial charge in [-0.05, 0) is 98.7 Å². The second-order valence-corrected chi connectivity index (χ2v) is 12.3. The maximum atomic E-state index is 2.38. The van der Waals surface area contributed by atoms with Gasteiger partial charge >= 0.3 is 0 Å². The molecule has 1 aliphatic carbocycles. The molecule has 0 bridgehead atoms. The van der Waals surface area contributed by atoms with Crippen LogP contribution in [-0.4, -0.2) is 0 Å². The van der Waals surface area contributed by atoms with Crippen LogP contribution in [0, 0.1) is 0 Å². The number of rotatable bonds is 2. The van der Waals surface area contributed by atoms with Crippen molar-refractivity contribution in [3.63, 3.8) is 0 Å². The van der Waals surface area contributed by atoms with Gasteiger partial charge in [0.05, 0.1) is 0 Å². The average molecular weight is 581 g/mol. The van der Waals surface area contributed by atoms with Crippen molar-refractivity contribution in [1.29, 1.82) is 0 Å². The maximum absolute atomic E-state index is 2.38. The van der Waals surface area contributed by atoms with E-state index in [1.807, 2.05) is 0 Å². The molecule has 212 valence electrons. The van der Waals surface area contributed by atoms with Gasteiger partial charge in [0.1, 0.15) is 0 Å².